The van der Waals surface area contributed by atoms with Gasteiger partial charge < -0.3 is 14.2 Å². The maximum atomic E-state index is 12.2. The van der Waals surface area contributed by atoms with Crippen molar-refractivity contribution in [2.45, 2.75) is 117 Å². The van der Waals surface area contributed by atoms with Gasteiger partial charge in [0.25, 0.3) is 0 Å². The van der Waals surface area contributed by atoms with E-state index in [-0.39, 0.29) is 40.9 Å². The minimum Gasteiger partial charge on any atom is -0.469 e. The van der Waals surface area contributed by atoms with Gasteiger partial charge in [-0.15, -0.1) is 0 Å². The molecule has 0 saturated heterocycles. The van der Waals surface area contributed by atoms with Crippen LogP contribution in [0.3, 0.4) is 0 Å². The molecule has 4 aliphatic carbocycles. The van der Waals surface area contributed by atoms with Gasteiger partial charge >= 0.3 is 17.9 Å². The summed E-state index contributed by atoms with van der Waals surface area (Å²) in [4.78, 5) is 35.5. The van der Waals surface area contributed by atoms with Gasteiger partial charge in [-0.3, -0.25) is 14.4 Å². The third-order valence-electron chi connectivity index (χ3n) is 11.3. The summed E-state index contributed by atoms with van der Waals surface area (Å²) in [7, 11) is 1.46. The number of fused-ring (bicyclic) bond motifs is 5. The van der Waals surface area contributed by atoms with Crippen LogP contribution in [-0.4, -0.2) is 37.2 Å². The van der Waals surface area contributed by atoms with Gasteiger partial charge in [0.2, 0.25) is 0 Å². The molecule has 0 amide bonds. The standard InChI is InChI=1S/C30H48O6/c1-18(8-7-9-27(33)34-6)23-10-11-24-28-25(13-15-30(23,24)5)29(4)14-12-22(35-19(2)31)16-21(29)17-26(28)36-20(3)32/h18,21-26,28H,7-17H2,1-6H3/t18-,21?,22-,23?,24?,25?,26+,28?,29+,30-/m1/s1. The molecule has 204 valence electrons. The van der Waals surface area contributed by atoms with Crippen LogP contribution in [0.5, 0.6) is 0 Å². The van der Waals surface area contributed by atoms with Crippen LogP contribution in [0.4, 0.5) is 0 Å². The highest BCUT2D eigenvalue weighted by molar-refractivity contribution is 5.69. The van der Waals surface area contributed by atoms with Gasteiger partial charge in [-0.1, -0.05) is 20.8 Å². The van der Waals surface area contributed by atoms with E-state index in [0.717, 1.165) is 38.5 Å². The lowest BCUT2D eigenvalue weighted by atomic mass is 9.43. The average Bonchev–Trinajstić information content (AvgIpc) is 3.16. The Hall–Kier alpha value is -1.59. The summed E-state index contributed by atoms with van der Waals surface area (Å²) in [5.41, 5.74) is 0.464. The van der Waals surface area contributed by atoms with E-state index in [0.29, 0.717) is 41.9 Å². The molecule has 0 aromatic carbocycles. The van der Waals surface area contributed by atoms with Crippen molar-refractivity contribution in [3.8, 4) is 0 Å². The summed E-state index contributed by atoms with van der Waals surface area (Å²) >= 11 is 0. The maximum absolute atomic E-state index is 12.2. The summed E-state index contributed by atoms with van der Waals surface area (Å²) in [6.45, 7) is 10.4. The van der Waals surface area contributed by atoms with Gasteiger partial charge in [-0.2, -0.15) is 0 Å². The number of ether oxygens (including phenoxy) is 3. The van der Waals surface area contributed by atoms with Crippen LogP contribution < -0.4 is 0 Å². The molecular formula is C30H48O6. The predicted molar refractivity (Wildman–Crippen MR) is 137 cm³/mol. The predicted octanol–water partition coefficient (Wildman–Crippen LogP) is 6.10. The lowest BCUT2D eigenvalue weighted by Gasteiger charge is -2.62. The molecule has 0 aromatic heterocycles. The van der Waals surface area contributed by atoms with E-state index in [9.17, 15) is 14.4 Å². The Morgan fingerprint density at radius 3 is 2.22 bits per heavy atom. The molecule has 0 radical (unpaired) electrons. The Balaban J connectivity index is 1.54. The molecule has 0 bridgehead atoms. The molecule has 0 spiro atoms. The first kappa shape index (κ1) is 27.4. The van der Waals surface area contributed by atoms with Crippen LogP contribution in [0, 0.1) is 46.3 Å². The smallest absolute Gasteiger partial charge is 0.305 e. The number of hydrogen-bond donors (Lipinski definition) is 0. The zero-order valence-electron chi connectivity index (χ0n) is 23.3. The van der Waals surface area contributed by atoms with Gasteiger partial charge in [-0.25, -0.2) is 0 Å². The number of hydrogen-bond acceptors (Lipinski definition) is 6. The molecule has 5 unspecified atom stereocenters. The van der Waals surface area contributed by atoms with Gasteiger partial charge in [0.15, 0.2) is 0 Å². The molecule has 0 aromatic rings. The summed E-state index contributed by atoms with van der Waals surface area (Å²) in [5, 5.41) is 0. The lowest BCUT2D eigenvalue weighted by Crippen LogP contribution is -2.59. The van der Waals surface area contributed by atoms with E-state index in [1.165, 1.54) is 39.7 Å². The van der Waals surface area contributed by atoms with Crippen molar-refractivity contribution in [2.75, 3.05) is 7.11 Å². The number of methoxy groups -OCH3 is 1. The van der Waals surface area contributed by atoms with Crippen molar-refractivity contribution < 1.29 is 28.6 Å². The molecule has 6 nitrogen and oxygen atoms in total. The van der Waals surface area contributed by atoms with Crippen LogP contribution >= 0.6 is 0 Å². The zero-order chi connectivity index (χ0) is 26.3. The number of esters is 3. The minimum absolute atomic E-state index is 0.00865. The van der Waals surface area contributed by atoms with E-state index >= 15 is 0 Å². The first-order valence-corrected chi connectivity index (χ1v) is 14.4. The highest BCUT2D eigenvalue weighted by Crippen LogP contribution is 2.68. The Labute approximate surface area is 217 Å². The molecule has 0 aliphatic heterocycles. The van der Waals surface area contributed by atoms with Crippen LogP contribution in [0.1, 0.15) is 105 Å². The summed E-state index contributed by atoms with van der Waals surface area (Å²) in [6, 6.07) is 0. The molecule has 36 heavy (non-hydrogen) atoms. The Morgan fingerprint density at radius 2 is 1.56 bits per heavy atom. The summed E-state index contributed by atoms with van der Waals surface area (Å²) in [5.74, 6) is 2.67. The second-order valence-corrected chi connectivity index (χ2v) is 13.1. The van der Waals surface area contributed by atoms with Crippen molar-refractivity contribution in [2.24, 2.45) is 46.3 Å². The van der Waals surface area contributed by atoms with Gasteiger partial charge in [0, 0.05) is 26.2 Å². The fourth-order valence-corrected chi connectivity index (χ4v) is 9.68. The van der Waals surface area contributed by atoms with Crippen molar-refractivity contribution in [1.82, 2.24) is 0 Å². The largest absolute Gasteiger partial charge is 0.469 e. The minimum atomic E-state index is -0.194. The third-order valence-corrected chi connectivity index (χ3v) is 11.3. The van der Waals surface area contributed by atoms with Gasteiger partial charge in [0.05, 0.1) is 7.11 Å². The van der Waals surface area contributed by atoms with Crippen LogP contribution in [0.15, 0.2) is 0 Å². The monoisotopic (exact) mass is 504 g/mol. The maximum Gasteiger partial charge on any atom is 0.305 e. The first-order valence-electron chi connectivity index (χ1n) is 14.4. The molecule has 10 atom stereocenters. The summed E-state index contributed by atoms with van der Waals surface area (Å²) in [6.07, 6.45) is 11.0. The second kappa shape index (κ2) is 10.6. The molecule has 4 fully saturated rings. The number of rotatable bonds is 7. The van der Waals surface area contributed by atoms with Crippen LogP contribution in [0.2, 0.25) is 0 Å². The SMILES string of the molecule is COC(=O)CCC[C@@H](C)C1CCC2C3C(CC[C@@]21C)[C@@]1(C)CC[C@@H](OC(C)=O)CC1C[C@@H]3OC(C)=O. The topological polar surface area (TPSA) is 78.9 Å². The van der Waals surface area contributed by atoms with Crippen molar-refractivity contribution >= 4 is 17.9 Å². The normalized spacial score (nSPS) is 42.3. The molecule has 4 aliphatic rings. The fraction of sp³-hybridized carbons (Fsp3) is 0.900. The fourth-order valence-electron chi connectivity index (χ4n) is 9.68. The van der Waals surface area contributed by atoms with E-state index in [1.54, 1.807) is 6.92 Å². The molecule has 4 saturated carbocycles. The van der Waals surface area contributed by atoms with Crippen LogP contribution in [-0.2, 0) is 28.6 Å². The molecule has 0 N–H and O–H groups in total. The first-order chi connectivity index (χ1) is 17.0. The molecule has 6 heteroatoms. The molecule has 4 rings (SSSR count). The average molecular weight is 505 g/mol. The number of carbonyl (C=O) groups excluding carboxylic acids is 3. The van der Waals surface area contributed by atoms with E-state index < -0.39 is 0 Å². The van der Waals surface area contributed by atoms with E-state index in [2.05, 4.69) is 20.8 Å². The highest BCUT2D eigenvalue weighted by Gasteiger charge is 2.63. The van der Waals surface area contributed by atoms with Crippen molar-refractivity contribution in [3.63, 3.8) is 0 Å². The van der Waals surface area contributed by atoms with Crippen molar-refractivity contribution in [1.29, 1.82) is 0 Å². The van der Waals surface area contributed by atoms with E-state index in [4.69, 9.17) is 14.2 Å². The van der Waals surface area contributed by atoms with Crippen LogP contribution in [0.25, 0.3) is 0 Å². The van der Waals surface area contributed by atoms with Gasteiger partial charge in [-0.05, 0) is 105 Å². The number of carbonyl (C=O) groups is 3. The van der Waals surface area contributed by atoms with Gasteiger partial charge in [0.1, 0.15) is 12.2 Å². The zero-order valence-corrected chi connectivity index (χ0v) is 23.3. The van der Waals surface area contributed by atoms with E-state index in [1.807, 2.05) is 0 Å². The molecule has 0 heterocycles. The van der Waals surface area contributed by atoms with Crippen molar-refractivity contribution in [3.05, 3.63) is 0 Å². The summed E-state index contributed by atoms with van der Waals surface area (Å²) < 4.78 is 16.6. The Kier molecular flexibility index (Phi) is 8.12. The second-order valence-electron chi connectivity index (χ2n) is 13.1. The lowest BCUT2D eigenvalue weighted by molar-refractivity contribution is -0.197. The molecular weight excluding hydrogens is 456 g/mol. The quantitative estimate of drug-likeness (QED) is 0.308. The highest BCUT2D eigenvalue weighted by atomic mass is 16.5. The Morgan fingerprint density at radius 1 is 0.889 bits per heavy atom. The third kappa shape index (κ3) is 5.07. The Bertz CT molecular complexity index is 839.